The zero-order valence-corrected chi connectivity index (χ0v) is 13.0. The van der Waals surface area contributed by atoms with Gasteiger partial charge in [-0.15, -0.1) is 0 Å². The van der Waals surface area contributed by atoms with E-state index < -0.39 is 0 Å². The molecular weight excluding hydrogens is 220 g/mol. The van der Waals surface area contributed by atoms with Gasteiger partial charge in [0, 0.05) is 19.1 Å². The highest BCUT2D eigenvalue weighted by atomic mass is 15.1. The average Bonchev–Trinajstić information content (AvgIpc) is 2.31. The normalized spacial score (nSPS) is 27.3. The maximum Gasteiger partial charge on any atom is 0.00387 e. The van der Waals surface area contributed by atoms with Crippen LogP contribution >= 0.6 is 0 Å². The SMILES string of the molecule is CCCNC(C)CCCCN1CC(C)CC(C)C1. The van der Waals surface area contributed by atoms with Crippen molar-refractivity contribution in [1.29, 1.82) is 0 Å². The summed E-state index contributed by atoms with van der Waals surface area (Å²) in [6, 6.07) is 0.698. The van der Waals surface area contributed by atoms with Crippen LogP contribution < -0.4 is 5.32 Å². The zero-order chi connectivity index (χ0) is 13.4. The van der Waals surface area contributed by atoms with Crippen molar-refractivity contribution in [3.8, 4) is 0 Å². The number of nitrogens with zero attached hydrogens (tertiary/aromatic N) is 1. The molecule has 2 nitrogen and oxygen atoms in total. The lowest BCUT2D eigenvalue weighted by molar-refractivity contribution is 0.138. The molecule has 18 heavy (non-hydrogen) atoms. The van der Waals surface area contributed by atoms with Gasteiger partial charge in [0.25, 0.3) is 0 Å². The maximum absolute atomic E-state index is 3.57. The molecule has 0 amide bonds. The summed E-state index contributed by atoms with van der Waals surface area (Å²) < 4.78 is 0. The number of likely N-dealkylation sites (tertiary alicyclic amines) is 1. The van der Waals surface area contributed by atoms with Crippen molar-refractivity contribution in [3.63, 3.8) is 0 Å². The summed E-state index contributed by atoms with van der Waals surface area (Å²) in [5.74, 6) is 1.80. The van der Waals surface area contributed by atoms with E-state index in [0.717, 1.165) is 11.8 Å². The summed E-state index contributed by atoms with van der Waals surface area (Å²) in [5, 5.41) is 3.57. The molecule has 0 spiro atoms. The van der Waals surface area contributed by atoms with Crippen LogP contribution in [0.3, 0.4) is 0 Å². The molecule has 1 aliphatic heterocycles. The molecule has 2 heteroatoms. The summed E-state index contributed by atoms with van der Waals surface area (Å²) in [6.07, 6.45) is 6.75. The van der Waals surface area contributed by atoms with Gasteiger partial charge < -0.3 is 10.2 Å². The van der Waals surface area contributed by atoms with Crippen molar-refractivity contribution >= 4 is 0 Å². The predicted octanol–water partition coefficient (Wildman–Crippen LogP) is 3.52. The van der Waals surface area contributed by atoms with Gasteiger partial charge in [0.05, 0.1) is 0 Å². The second kappa shape index (κ2) is 8.92. The second-order valence-corrected chi connectivity index (χ2v) is 6.56. The predicted molar refractivity (Wildman–Crippen MR) is 81.0 cm³/mol. The third-order valence-electron chi connectivity index (χ3n) is 4.05. The molecule has 1 saturated heterocycles. The first-order chi connectivity index (χ1) is 8.61. The fourth-order valence-electron chi connectivity index (χ4n) is 3.25. The Labute approximate surface area is 115 Å². The highest BCUT2D eigenvalue weighted by Gasteiger charge is 2.20. The quantitative estimate of drug-likeness (QED) is 0.667. The molecule has 0 saturated carbocycles. The lowest BCUT2D eigenvalue weighted by atomic mass is 9.92. The molecule has 0 bridgehead atoms. The van der Waals surface area contributed by atoms with E-state index in [1.165, 1.54) is 58.3 Å². The van der Waals surface area contributed by atoms with Crippen LogP contribution in [-0.4, -0.2) is 37.1 Å². The molecule has 1 heterocycles. The highest BCUT2D eigenvalue weighted by molar-refractivity contribution is 4.74. The van der Waals surface area contributed by atoms with Gasteiger partial charge in [-0.1, -0.05) is 27.2 Å². The van der Waals surface area contributed by atoms with E-state index in [1.54, 1.807) is 0 Å². The van der Waals surface area contributed by atoms with Crippen molar-refractivity contribution in [3.05, 3.63) is 0 Å². The summed E-state index contributed by atoms with van der Waals surface area (Å²) in [5.41, 5.74) is 0. The fourth-order valence-corrected chi connectivity index (χ4v) is 3.25. The first-order valence-corrected chi connectivity index (χ1v) is 8.07. The maximum atomic E-state index is 3.57. The molecule has 1 rings (SSSR count). The second-order valence-electron chi connectivity index (χ2n) is 6.56. The molecule has 0 aromatic carbocycles. The number of rotatable bonds is 8. The molecule has 1 fully saturated rings. The van der Waals surface area contributed by atoms with Gasteiger partial charge in [-0.25, -0.2) is 0 Å². The standard InChI is InChI=1S/C16H34N2/c1-5-9-17-16(4)8-6-7-10-18-12-14(2)11-15(3)13-18/h14-17H,5-13H2,1-4H3. The highest BCUT2D eigenvalue weighted by Crippen LogP contribution is 2.21. The van der Waals surface area contributed by atoms with E-state index in [0.29, 0.717) is 6.04 Å². The monoisotopic (exact) mass is 254 g/mol. The molecule has 0 radical (unpaired) electrons. The van der Waals surface area contributed by atoms with Crippen LogP contribution in [0.5, 0.6) is 0 Å². The molecule has 0 aromatic heterocycles. The van der Waals surface area contributed by atoms with Gasteiger partial charge >= 0.3 is 0 Å². The lowest BCUT2D eigenvalue weighted by Gasteiger charge is -2.35. The van der Waals surface area contributed by atoms with Crippen molar-refractivity contribution in [2.45, 2.75) is 65.8 Å². The topological polar surface area (TPSA) is 15.3 Å². The van der Waals surface area contributed by atoms with Gasteiger partial charge in [0.1, 0.15) is 0 Å². The first-order valence-electron chi connectivity index (χ1n) is 8.07. The smallest absolute Gasteiger partial charge is 0.00387 e. The molecule has 3 unspecified atom stereocenters. The molecule has 108 valence electrons. The van der Waals surface area contributed by atoms with Gasteiger partial charge in [0.2, 0.25) is 0 Å². The van der Waals surface area contributed by atoms with E-state index in [1.807, 2.05) is 0 Å². The number of piperidine rings is 1. The fraction of sp³-hybridized carbons (Fsp3) is 1.00. The Morgan fingerprint density at radius 2 is 1.83 bits per heavy atom. The summed E-state index contributed by atoms with van der Waals surface area (Å²) >= 11 is 0. The number of nitrogens with one attached hydrogen (secondary N) is 1. The van der Waals surface area contributed by atoms with Gasteiger partial charge in [-0.3, -0.25) is 0 Å². The van der Waals surface area contributed by atoms with Crippen LogP contribution in [0.1, 0.15) is 59.8 Å². The molecule has 1 aliphatic rings. The Morgan fingerprint density at radius 1 is 1.17 bits per heavy atom. The molecule has 3 atom stereocenters. The Bertz CT molecular complexity index is 195. The van der Waals surface area contributed by atoms with Crippen molar-refractivity contribution in [2.24, 2.45) is 11.8 Å². The van der Waals surface area contributed by atoms with E-state index in [-0.39, 0.29) is 0 Å². The van der Waals surface area contributed by atoms with Crippen LogP contribution in [0.25, 0.3) is 0 Å². The Balaban J connectivity index is 2.03. The van der Waals surface area contributed by atoms with Crippen LogP contribution in [0, 0.1) is 11.8 Å². The van der Waals surface area contributed by atoms with Crippen molar-refractivity contribution < 1.29 is 0 Å². The average molecular weight is 254 g/mol. The Hall–Kier alpha value is -0.0800. The number of hydrogen-bond acceptors (Lipinski definition) is 2. The van der Waals surface area contributed by atoms with Crippen LogP contribution in [-0.2, 0) is 0 Å². The lowest BCUT2D eigenvalue weighted by Crippen LogP contribution is -2.39. The van der Waals surface area contributed by atoms with Gasteiger partial charge in [0.15, 0.2) is 0 Å². The van der Waals surface area contributed by atoms with E-state index in [4.69, 9.17) is 0 Å². The summed E-state index contributed by atoms with van der Waals surface area (Å²) in [6.45, 7) is 14.5. The van der Waals surface area contributed by atoms with Crippen molar-refractivity contribution in [1.82, 2.24) is 10.2 Å². The minimum absolute atomic E-state index is 0.698. The molecule has 0 aromatic rings. The van der Waals surface area contributed by atoms with E-state index in [9.17, 15) is 0 Å². The molecule has 0 aliphatic carbocycles. The van der Waals surface area contributed by atoms with Crippen LogP contribution in [0.2, 0.25) is 0 Å². The first kappa shape index (κ1) is 16.0. The number of unbranched alkanes of at least 4 members (excludes halogenated alkanes) is 1. The molecular formula is C16H34N2. The number of hydrogen-bond donors (Lipinski definition) is 1. The van der Waals surface area contributed by atoms with Gasteiger partial charge in [-0.2, -0.15) is 0 Å². The minimum atomic E-state index is 0.698. The molecule has 1 N–H and O–H groups in total. The largest absolute Gasteiger partial charge is 0.314 e. The van der Waals surface area contributed by atoms with E-state index in [2.05, 4.69) is 37.9 Å². The van der Waals surface area contributed by atoms with Crippen LogP contribution in [0.15, 0.2) is 0 Å². The Morgan fingerprint density at radius 3 is 2.44 bits per heavy atom. The van der Waals surface area contributed by atoms with Crippen molar-refractivity contribution in [2.75, 3.05) is 26.2 Å². The van der Waals surface area contributed by atoms with E-state index >= 15 is 0 Å². The summed E-state index contributed by atoms with van der Waals surface area (Å²) in [7, 11) is 0. The van der Waals surface area contributed by atoms with Crippen LogP contribution in [0.4, 0.5) is 0 Å². The summed E-state index contributed by atoms with van der Waals surface area (Å²) in [4.78, 5) is 2.68. The minimum Gasteiger partial charge on any atom is -0.314 e. The third-order valence-corrected chi connectivity index (χ3v) is 4.05. The zero-order valence-electron chi connectivity index (χ0n) is 13.0. The Kier molecular flexibility index (Phi) is 7.92. The third kappa shape index (κ3) is 6.75. The van der Waals surface area contributed by atoms with Gasteiger partial charge in [-0.05, 0) is 57.5 Å².